The summed E-state index contributed by atoms with van der Waals surface area (Å²) in [5.41, 5.74) is 3.96. The fourth-order valence-corrected chi connectivity index (χ4v) is 4.56. The average molecular weight is 443 g/mol. The Morgan fingerprint density at radius 3 is 2.31 bits per heavy atom. The molecule has 0 fully saturated rings. The maximum Gasteiger partial charge on any atom is 0.283 e. The summed E-state index contributed by atoms with van der Waals surface area (Å²) in [7, 11) is 0. The topological polar surface area (TPSA) is 49.4 Å². The summed E-state index contributed by atoms with van der Waals surface area (Å²) in [6.45, 7) is 4.16. The lowest BCUT2D eigenvalue weighted by molar-refractivity contribution is -0.120. The Balaban J connectivity index is 1.67. The minimum absolute atomic E-state index is 0.305. The van der Waals surface area contributed by atoms with Crippen molar-refractivity contribution in [2.24, 2.45) is 0 Å². The zero-order valence-electron chi connectivity index (χ0n) is 18.3. The molecule has 0 saturated heterocycles. The van der Waals surface area contributed by atoms with E-state index in [0.29, 0.717) is 16.3 Å². The number of unbranched alkanes of at least 4 members (excludes halogenated alkanes) is 1. The van der Waals surface area contributed by atoms with Gasteiger partial charge in [0.1, 0.15) is 10.6 Å². The van der Waals surface area contributed by atoms with Crippen molar-refractivity contribution in [1.82, 2.24) is 0 Å². The summed E-state index contributed by atoms with van der Waals surface area (Å²) in [4.78, 5) is 29.4. The van der Waals surface area contributed by atoms with Gasteiger partial charge in [0.2, 0.25) is 0 Å². The maximum atomic E-state index is 13.4. The number of carbonyl (C=O) groups is 2. The van der Waals surface area contributed by atoms with E-state index in [1.54, 1.807) is 0 Å². The van der Waals surface area contributed by atoms with E-state index in [4.69, 9.17) is 0 Å². The minimum atomic E-state index is -0.337. The zero-order chi connectivity index (χ0) is 22.5. The third-order valence-electron chi connectivity index (χ3n) is 5.31. The Labute approximate surface area is 193 Å². The largest absolute Gasteiger partial charge is 0.350 e. The number of nitrogens with zero attached hydrogens (tertiary/aromatic N) is 1. The number of imide groups is 1. The Hall–Kier alpha value is -3.31. The van der Waals surface area contributed by atoms with Crippen LogP contribution in [0.5, 0.6) is 0 Å². The van der Waals surface area contributed by atoms with Crippen molar-refractivity contribution in [1.29, 1.82) is 0 Å². The van der Waals surface area contributed by atoms with Gasteiger partial charge in [-0.1, -0.05) is 67.6 Å². The Bertz CT molecular complexity index is 1150. The molecule has 1 heterocycles. The van der Waals surface area contributed by atoms with Crippen LogP contribution in [0.25, 0.3) is 0 Å². The van der Waals surface area contributed by atoms with Crippen molar-refractivity contribution in [3.05, 3.63) is 101 Å². The highest BCUT2D eigenvalue weighted by molar-refractivity contribution is 8.04. The van der Waals surface area contributed by atoms with E-state index in [-0.39, 0.29) is 11.8 Å². The Morgan fingerprint density at radius 2 is 1.62 bits per heavy atom. The Morgan fingerprint density at radius 1 is 0.875 bits per heavy atom. The summed E-state index contributed by atoms with van der Waals surface area (Å²) in [5.74, 6) is -0.642. The van der Waals surface area contributed by atoms with Gasteiger partial charge in [0.15, 0.2) is 0 Å². The molecule has 0 spiro atoms. The number of amides is 2. The van der Waals surface area contributed by atoms with E-state index in [1.165, 1.54) is 22.2 Å². The van der Waals surface area contributed by atoms with Gasteiger partial charge in [-0.15, -0.1) is 0 Å². The number of thioether (sulfide) groups is 1. The summed E-state index contributed by atoms with van der Waals surface area (Å²) < 4.78 is 0. The third kappa shape index (κ3) is 4.78. The lowest BCUT2D eigenvalue weighted by Crippen LogP contribution is -2.32. The fourth-order valence-electron chi connectivity index (χ4n) is 3.62. The fraction of sp³-hybridized carbons (Fsp3) is 0.185. The van der Waals surface area contributed by atoms with E-state index in [9.17, 15) is 9.59 Å². The molecule has 0 aromatic heterocycles. The van der Waals surface area contributed by atoms with Gasteiger partial charge in [-0.25, -0.2) is 4.90 Å². The number of carbonyl (C=O) groups excluding carboxylic acids is 2. The van der Waals surface area contributed by atoms with Crippen molar-refractivity contribution in [2.45, 2.75) is 38.0 Å². The number of anilines is 2. The van der Waals surface area contributed by atoms with Gasteiger partial charge < -0.3 is 5.32 Å². The molecule has 0 bridgehead atoms. The first kappa shape index (κ1) is 21.9. The predicted molar refractivity (Wildman–Crippen MR) is 132 cm³/mol. The molecule has 5 heteroatoms. The van der Waals surface area contributed by atoms with Crippen LogP contribution in [-0.2, 0) is 16.0 Å². The number of aryl methyl sites for hydroxylation is 2. The summed E-state index contributed by atoms with van der Waals surface area (Å²) in [5, 5.41) is 3.22. The normalized spacial score (nSPS) is 13.8. The Kier molecular flexibility index (Phi) is 6.76. The first-order valence-corrected chi connectivity index (χ1v) is 11.7. The summed E-state index contributed by atoms with van der Waals surface area (Å²) in [6, 6.07) is 25.1. The smallest absolute Gasteiger partial charge is 0.283 e. The van der Waals surface area contributed by atoms with Gasteiger partial charge >= 0.3 is 0 Å². The molecular formula is C27H26N2O2S. The molecule has 4 nitrogen and oxygen atoms in total. The highest BCUT2D eigenvalue weighted by atomic mass is 32.2. The highest BCUT2D eigenvalue weighted by Crippen LogP contribution is 2.37. The molecule has 3 aromatic rings. The zero-order valence-corrected chi connectivity index (χ0v) is 19.1. The van der Waals surface area contributed by atoms with Crippen LogP contribution < -0.4 is 10.2 Å². The second kappa shape index (κ2) is 9.88. The molecule has 1 N–H and O–H groups in total. The van der Waals surface area contributed by atoms with Gasteiger partial charge in [-0.3, -0.25) is 9.59 Å². The van der Waals surface area contributed by atoms with Crippen LogP contribution in [0.3, 0.4) is 0 Å². The average Bonchev–Trinajstić information content (AvgIpc) is 3.03. The molecular weight excluding hydrogens is 416 g/mol. The van der Waals surface area contributed by atoms with Gasteiger partial charge in [0.25, 0.3) is 11.8 Å². The van der Waals surface area contributed by atoms with E-state index < -0.39 is 0 Å². The first-order valence-electron chi connectivity index (χ1n) is 10.9. The molecule has 1 aliphatic heterocycles. The lowest BCUT2D eigenvalue weighted by atomic mass is 10.1. The van der Waals surface area contributed by atoms with E-state index in [2.05, 4.69) is 12.2 Å². The molecule has 0 atom stereocenters. The number of hydrogen-bond donors (Lipinski definition) is 1. The number of nitrogens with one attached hydrogen (secondary N) is 1. The second-order valence-corrected chi connectivity index (χ2v) is 8.91. The van der Waals surface area contributed by atoms with Crippen LogP contribution in [0.4, 0.5) is 11.4 Å². The molecule has 2 amide bonds. The van der Waals surface area contributed by atoms with Crippen molar-refractivity contribution >= 4 is 35.0 Å². The van der Waals surface area contributed by atoms with E-state index >= 15 is 0 Å². The molecule has 0 aliphatic carbocycles. The first-order chi connectivity index (χ1) is 15.6. The number of rotatable bonds is 8. The van der Waals surface area contributed by atoms with Crippen LogP contribution >= 0.6 is 11.8 Å². The monoisotopic (exact) mass is 442 g/mol. The third-order valence-corrected chi connectivity index (χ3v) is 6.40. The second-order valence-electron chi connectivity index (χ2n) is 7.83. The lowest BCUT2D eigenvalue weighted by Gasteiger charge is -2.16. The van der Waals surface area contributed by atoms with Gasteiger partial charge in [0.05, 0.1) is 5.69 Å². The molecule has 0 radical (unpaired) electrons. The number of benzene rings is 3. The molecule has 4 rings (SSSR count). The minimum Gasteiger partial charge on any atom is -0.350 e. The van der Waals surface area contributed by atoms with Gasteiger partial charge in [-0.05, 0) is 67.3 Å². The van der Waals surface area contributed by atoms with E-state index in [1.807, 2.05) is 85.8 Å². The summed E-state index contributed by atoms with van der Waals surface area (Å²) >= 11 is 1.31. The molecule has 0 unspecified atom stereocenters. The van der Waals surface area contributed by atoms with Crippen molar-refractivity contribution in [2.75, 3.05) is 10.2 Å². The quantitative estimate of drug-likeness (QED) is 0.414. The molecule has 162 valence electrons. The number of hydrogen-bond acceptors (Lipinski definition) is 4. The molecule has 32 heavy (non-hydrogen) atoms. The van der Waals surface area contributed by atoms with Crippen LogP contribution in [0, 0.1) is 6.92 Å². The molecule has 3 aromatic carbocycles. The highest BCUT2D eigenvalue weighted by Gasteiger charge is 2.40. The van der Waals surface area contributed by atoms with Gasteiger partial charge in [0, 0.05) is 10.6 Å². The SMILES string of the molecule is CCCCc1ccc(N2C(=O)C(Nc3cccc(C)c3)=C(Sc3ccccc3)C2=O)cc1. The van der Waals surface area contributed by atoms with E-state index in [0.717, 1.165) is 35.4 Å². The maximum absolute atomic E-state index is 13.4. The van der Waals surface area contributed by atoms with Crippen molar-refractivity contribution in [3.63, 3.8) is 0 Å². The molecule has 0 saturated carbocycles. The van der Waals surface area contributed by atoms with Crippen LogP contribution in [0.1, 0.15) is 30.9 Å². The standard InChI is InChI=1S/C27H26N2O2S/c1-3-4-10-20-14-16-22(17-15-20)29-26(30)24(28-21-11-8-9-19(2)18-21)25(27(29)31)32-23-12-6-5-7-13-23/h5-9,11-18,28H,3-4,10H2,1-2H3. The predicted octanol–water partition coefficient (Wildman–Crippen LogP) is 6.33. The van der Waals surface area contributed by atoms with Crippen LogP contribution in [-0.4, -0.2) is 11.8 Å². The molecule has 1 aliphatic rings. The van der Waals surface area contributed by atoms with Crippen molar-refractivity contribution in [3.8, 4) is 0 Å². The van der Waals surface area contributed by atoms with Crippen LogP contribution in [0.2, 0.25) is 0 Å². The van der Waals surface area contributed by atoms with Crippen molar-refractivity contribution < 1.29 is 9.59 Å². The van der Waals surface area contributed by atoms with Crippen LogP contribution in [0.15, 0.2) is 94.4 Å². The van der Waals surface area contributed by atoms with Gasteiger partial charge in [-0.2, -0.15) is 0 Å². The summed E-state index contributed by atoms with van der Waals surface area (Å²) in [6.07, 6.45) is 3.24.